The Labute approximate surface area is 204 Å². The van der Waals surface area contributed by atoms with Crippen molar-refractivity contribution in [2.24, 2.45) is 0 Å². The lowest BCUT2D eigenvalue weighted by Crippen LogP contribution is -2.49. The van der Waals surface area contributed by atoms with Gasteiger partial charge in [-0.05, 0) is 36.8 Å². The van der Waals surface area contributed by atoms with Crippen molar-refractivity contribution in [1.29, 1.82) is 0 Å². The zero-order valence-corrected chi connectivity index (χ0v) is 20.2. The number of nitrogens with one attached hydrogen (secondary N) is 2. The normalized spacial score (nSPS) is 21.0. The van der Waals surface area contributed by atoms with Gasteiger partial charge in [0.2, 0.25) is 0 Å². The molecule has 2 N–H and O–H groups in total. The van der Waals surface area contributed by atoms with Gasteiger partial charge in [0.1, 0.15) is 0 Å². The average Bonchev–Trinajstić information content (AvgIpc) is 2.87. The zero-order valence-electron chi connectivity index (χ0n) is 19.4. The van der Waals surface area contributed by atoms with Gasteiger partial charge in [-0.3, -0.25) is 9.59 Å². The van der Waals surface area contributed by atoms with Crippen molar-refractivity contribution in [2.45, 2.75) is 13.0 Å². The molecule has 0 aromatic heterocycles. The maximum absolute atomic E-state index is 13.4. The van der Waals surface area contributed by atoms with Crippen LogP contribution in [-0.2, 0) is 19.1 Å². The lowest BCUT2D eigenvalue weighted by Gasteiger charge is -2.35. The molecule has 1 aromatic carbocycles. The van der Waals surface area contributed by atoms with Crippen LogP contribution in [0.5, 0.6) is 11.5 Å². The molecule has 184 valence electrons. The molecule has 0 spiro atoms. The van der Waals surface area contributed by atoms with Crippen molar-refractivity contribution < 1.29 is 28.5 Å². The summed E-state index contributed by atoms with van der Waals surface area (Å²) in [5, 5.41) is 6.72. The topological polar surface area (TPSA) is 102 Å². The van der Waals surface area contributed by atoms with Crippen LogP contribution in [0.25, 0.3) is 0 Å². The molecule has 1 atom stereocenters. The zero-order chi connectivity index (χ0) is 24.1. The molecular weight excluding hydrogens is 460 g/mol. The van der Waals surface area contributed by atoms with Gasteiger partial charge < -0.3 is 39.4 Å². The van der Waals surface area contributed by atoms with E-state index in [2.05, 4.69) is 10.6 Å². The molecule has 1 unspecified atom stereocenters. The molecule has 0 radical (unpaired) electrons. The number of ether oxygens (including phenoxy) is 4. The minimum absolute atomic E-state index is 0.0660. The monoisotopic (exact) mass is 490 g/mol. The number of allylic oxidation sites excluding steroid dienone is 1. The van der Waals surface area contributed by atoms with E-state index >= 15 is 0 Å². The van der Waals surface area contributed by atoms with Gasteiger partial charge in [0.05, 0.1) is 45.2 Å². The second-order valence-electron chi connectivity index (χ2n) is 8.17. The molecule has 2 saturated heterocycles. The van der Waals surface area contributed by atoms with Crippen molar-refractivity contribution in [3.05, 3.63) is 35.0 Å². The number of amides is 2. The van der Waals surface area contributed by atoms with E-state index in [1.807, 2.05) is 13.0 Å². The van der Waals surface area contributed by atoms with Crippen LogP contribution in [0.3, 0.4) is 0 Å². The fraction of sp³-hybridized carbons (Fsp3) is 0.522. The first-order chi connectivity index (χ1) is 16.5. The summed E-state index contributed by atoms with van der Waals surface area (Å²) < 4.78 is 22.0. The third-order valence-corrected chi connectivity index (χ3v) is 6.25. The Balaban J connectivity index is 1.53. The lowest BCUT2D eigenvalue weighted by atomic mass is 9.94. The van der Waals surface area contributed by atoms with Crippen LogP contribution in [0.1, 0.15) is 18.5 Å². The molecule has 3 aliphatic heterocycles. The number of thiocarbonyl (C=S) groups is 1. The second kappa shape index (κ2) is 11.0. The minimum atomic E-state index is -0.456. The number of rotatable bonds is 6. The Bertz CT molecular complexity index is 972. The summed E-state index contributed by atoms with van der Waals surface area (Å²) in [6.45, 7) is 6.07. The summed E-state index contributed by atoms with van der Waals surface area (Å²) in [6, 6.07) is 4.95. The molecule has 11 heteroatoms. The van der Waals surface area contributed by atoms with E-state index in [-0.39, 0.29) is 18.4 Å². The highest BCUT2D eigenvalue weighted by Gasteiger charge is 2.33. The molecule has 2 amide bonds. The molecule has 0 saturated carbocycles. The summed E-state index contributed by atoms with van der Waals surface area (Å²) in [4.78, 5) is 29.3. The molecule has 10 nitrogen and oxygen atoms in total. The van der Waals surface area contributed by atoms with E-state index in [4.69, 9.17) is 31.2 Å². The molecule has 1 aromatic rings. The Morgan fingerprint density at radius 2 is 1.71 bits per heavy atom. The van der Waals surface area contributed by atoms with E-state index in [1.165, 1.54) is 7.11 Å². The maximum atomic E-state index is 13.4. The summed E-state index contributed by atoms with van der Waals surface area (Å²) in [6.07, 6.45) is 0. The fourth-order valence-corrected chi connectivity index (χ4v) is 4.46. The van der Waals surface area contributed by atoms with Gasteiger partial charge in [-0.2, -0.15) is 0 Å². The van der Waals surface area contributed by atoms with E-state index < -0.39 is 6.04 Å². The quantitative estimate of drug-likeness (QED) is 0.555. The van der Waals surface area contributed by atoms with Crippen LogP contribution >= 0.6 is 12.2 Å². The van der Waals surface area contributed by atoms with E-state index in [0.717, 1.165) is 5.56 Å². The van der Waals surface area contributed by atoms with Crippen LogP contribution in [0.2, 0.25) is 0 Å². The molecule has 2 fully saturated rings. The van der Waals surface area contributed by atoms with Gasteiger partial charge >= 0.3 is 0 Å². The van der Waals surface area contributed by atoms with Crippen molar-refractivity contribution in [3.63, 3.8) is 0 Å². The number of benzene rings is 1. The van der Waals surface area contributed by atoms with Crippen molar-refractivity contribution in [3.8, 4) is 11.5 Å². The van der Waals surface area contributed by atoms with Gasteiger partial charge in [-0.1, -0.05) is 6.07 Å². The van der Waals surface area contributed by atoms with Crippen molar-refractivity contribution in [2.75, 3.05) is 66.3 Å². The van der Waals surface area contributed by atoms with Crippen molar-refractivity contribution in [1.82, 2.24) is 20.4 Å². The van der Waals surface area contributed by atoms with Crippen molar-refractivity contribution >= 4 is 29.1 Å². The number of nitrogens with zero attached hydrogens (tertiary/aromatic N) is 2. The lowest BCUT2D eigenvalue weighted by molar-refractivity contribution is -0.137. The van der Waals surface area contributed by atoms with Crippen LogP contribution in [0.15, 0.2) is 29.5 Å². The Morgan fingerprint density at radius 1 is 1.06 bits per heavy atom. The Morgan fingerprint density at radius 3 is 2.35 bits per heavy atom. The van der Waals surface area contributed by atoms with Gasteiger partial charge in [0, 0.05) is 31.9 Å². The highest BCUT2D eigenvalue weighted by atomic mass is 32.1. The summed E-state index contributed by atoms with van der Waals surface area (Å²) >= 11 is 5.37. The molecule has 3 heterocycles. The molecule has 3 aliphatic rings. The summed E-state index contributed by atoms with van der Waals surface area (Å²) in [5.41, 5.74) is 2.10. The Hall–Kier alpha value is -2.89. The number of carbonyl (C=O) groups excluding carboxylic acids is 2. The molecule has 4 rings (SSSR count). The Kier molecular flexibility index (Phi) is 7.86. The maximum Gasteiger partial charge on any atom is 0.260 e. The second-order valence-corrected chi connectivity index (χ2v) is 8.58. The highest BCUT2D eigenvalue weighted by Crippen LogP contribution is 2.35. The highest BCUT2D eigenvalue weighted by molar-refractivity contribution is 7.80. The fourth-order valence-electron chi connectivity index (χ4n) is 4.19. The van der Waals surface area contributed by atoms with Crippen LogP contribution < -0.4 is 20.1 Å². The number of hydrogen-bond donors (Lipinski definition) is 2. The smallest absolute Gasteiger partial charge is 0.260 e. The van der Waals surface area contributed by atoms with Gasteiger partial charge in [0.25, 0.3) is 11.8 Å². The van der Waals surface area contributed by atoms with Crippen LogP contribution in [-0.4, -0.2) is 93.0 Å². The first-order valence-corrected chi connectivity index (χ1v) is 11.7. The largest absolute Gasteiger partial charge is 0.493 e. The number of morpholine rings is 2. The third kappa shape index (κ3) is 5.43. The predicted octanol–water partition coefficient (Wildman–Crippen LogP) is 0.584. The van der Waals surface area contributed by atoms with E-state index in [1.54, 1.807) is 21.9 Å². The average molecular weight is 491 g/mol. The van der Waals surface area contributed by atoms with Gasteiger partial charge in [-0.25, -0.2) is 0 Å². The molecule has 0 bridgehead atoms. The van der Waals surface area contributed by atoms with Gasteiger partial charge in [0.15, 0.2) is 23.2 Å². The molecule has 0 aliphatic carbocycles. The predicted molar refractivity (Wildman–Crippen MR) is 128 cm³/mol. The number of hydrogen-bond acceptors (Lipinski definition) is 7. The third-order valence-electron chi connectivity index (χ3n) is 6.03. The SMILES string of the molecule is COc1cc(C2NC(=S)NC(C)=C2C(=O)N2CCOCC2)ccc1OCC(=O)N1CCOCC1. The van der Waals surface area contributed by atoms with E-state index in [9.17, 15) is 9.59 Å². The molecular formula is C23H30N4O6S. The molecule has 34 heavy (non-hydrogen) atoms. The number of carbonyl (C=O) groups is 2. The van der Waals surface area contributed by atoms with Gasteiger partial charge in [-0.15, -0.1) is 0 Å². The first kappa shape index (κ1) is 24.2. The summed E-state index contributed by atoms with van der Waals surface area (Å²) in [5.74, 6) is 0.751. The summed E-state index contributed by atoms with van der Waals surface area (Å²) in [7, 11) is 1.54. The minimum Gasteiger partial charge on any atom is -0.493 e. The van der Waals surface area contributed by atoms with Crippen LogP contribution in [0.4, 0.5) is 0 Å². The van der Waals surface area contributed by atoms with Crippen LogP contribution in [0, 0.1) is 0 Å². The first-order valence-electron chi connectivity index (χ1n) is 11.3. The van der Waals surface area contributed by atoms with E-state index in [0.29, 0.717) is 80.5 Å². The number of methoxy groups -OCH3 is 1. The standard InChI is InChI=1S/C23H30N4O6S/c1-15-20(22(29)27-7-11-32-12-8-27)21(25-23(34)24-15)16-3-4-17(18(13-16)30-2)33-14-19(28)26-5-9-31-10-6-26/h3-4,13,21H,5-12,14H2,1-2H3,(H2,24,25,34).